The molecule has 7 nitrogen and oxygen atoms in total. The molecule has 0 saturated heterocycles. The Labute approximate surface area is 167 Å². The molecule has 1 aromatic carbocycles. The van der Waals surface area contributed by atoms with Crippen LogP contribution in [0.3, 0.4) is 0 Å². The molecule has 0 bridgehead atoms. The van der Waals surface area contributed by atoms with Gasteiger partial charge in [-0.1, -0.05) is 30.3 Å². The summed E-state index contributed by atoms with van der Waals surface area (Å²) in [5, 5.41) is 5.30. The zero-order chi connectivity index (χ0) is 20.3. The number of rotatable bonds is 9. The summed E-state index contributed by atoms with van der Waals surface area (Å²) in [7, 11) is 3.96. The predicted molar refractivity (Wildman–Crippen MR) is 106 cm³/mol. The van der Waals surface area contributed by atoms with Gasteiger partial charge in [-0.15, -0.1) is 0 Å². The Kier molecular flexibility index (Phi) is 10.2. The molecule has 1 rings (SSSR count). The Morgan fingerprint density at radius 1 is 1.19 bits per heavy atom. The molecule has 0 aliphatic carbocycles. The standard InChI is InChI=1S/C18H27ClN2O5S/c1-18(2,3)26-17(23)21-15(13-27(19)24)10-7-11-20-16(22)25-12-14-8-5-4-6-9-14/h4-6,8-9,15H,7,10-13H2,1-3H3,(H,20,22)(H,21,23)/t15-,27?/m0/s1. The molecule has 0 spiro atoms. The highest BCUT2D eigenvalue weighted by atomic mass is 35.7. The average Bonchev–Trinajstić information content (AvgIpc) is 2.55. The van der Waals surface area contributed by atoms with Crippen molar-refractivity contribution in [3.8, 4) is 0 Å². The van der Waals surface area contributed by atoms with Crippen LogP contribution in [0.25, 0.3) is 0 Å². The van der Waals surface area contributed by atoms with Crippen LogP contribution in [0.1, 0.15) is 39.2 Å². The number of nitrogens with one attached hydrogen (secondary N) is 2. The van der Waals surface area contributed by atoms with Crippen LogP contribution in [-0.2, 0) is 26.1 Å². The predicted octanol–water partition coefficient (Wildman–Crippen LogP) is 3.49. The normalized spacial score (nSPS) is 13.3. The van der Waals surface area contributed by atoms with Crippen LogP contribution in [-0.4, -0.2) is 40.3 Å². The average molecular weight is 419 g/mol. The topological polar surface area (TPSA) is 93.7 Å². The summed E-state index contributed by atoms with van der Waals surface area (Å²) in [6, 6.07) is 8.95. The number of hydrogen-bond donors (Lipinski definition) is 2. The van der Waals surface area contributed by atoms with E-state index in [1.807, 2.05) is 30.3 Å². The Hall–Kier alpha value is -1.80. The van der Waals surface area contributed by atoms with Crippen molar-refractivity contribution >= 4 is 32.9 Å². The molecular formula is C18H27ClN2O5S. The van der Waals surface area contributed by atoms with Crippen molar-refractivity contribution in [2.24, 2.45) is 0 Å². The van der Waals surface area contributed by atoms with Crippen molar-refractivity contribution < 1.29 is 23.3 Å². The molecule has 2 N–H and O–H groups in total. The van der Waals surface area contributed by atoms with Crippen LogP contribution in [0.15, 0.2) is 30.3 Å². The molecule has 0 aromatic heterocycles. The van der Waals surface area contributed by atoms with Crippen LogP contribution in [0.5, 0.6) is 0 Å². The lowest BCUT2D eigenvalue weighted by Gasteiger charge is -2.23. The molecule has 0 fully saturated rings. The van der Waals surface area contributed by atoms with E-state index in [0.717, 1.165) is 5.56 Å². The highest BCUT2D eigenvalue weighted by molar-refractivity contribution is 8.08. The van der Waals surface area contributed by atoms with Gasteiger partial charge in [0.15, 0.2) is 0 Å². The van der Waals surface area contributed by atoms with Gasteiger partial charge in [0.1, 0.15) is 22.2 Å². The van der Waals surface area contributed by atoms with Crippen molar-refractivity contribution in [3.05, 3.63) is 35.9 Å². The van der Waals surface area contributed by atoms with Crippen molar-refractivity contribution in [1.82, 2.24) is 10.6 Å². The molecule has 152 valence electrons. The number of hydrogen-bond acceptors (Lipinski definition) is 5. The Morgan fingerprint density at radius 2 is 1.85 bits per heavy atom. The maximum atomic E-state index is 11.8. The quantitative estimate of drug-likeness (QED) is 0.473. The summed E-state index contributed by atoms with van der Waals surface area (Å²) in [5.74, 6) is 0.0965. The first-order valence-electron chi connectivity index (χ1n) is 8.64. The molecule has 2 atom stereocenters. The van der Waals surface area contributed by atoms with Gasteiger partial charge < -0.3 is 20.1 Å². The molecular weight excluding hydrogens is 392 g/mol. The van der Waals surface area contributed by atoms with Gasteiger partial charge in [0, 0.05) is 12.6 Å². The Balaban J connectivity index is 2.30. The van der Waals surface area contributed by atoms with E-state index in [1.54, 1.807) is 20.8 Å². The third kappa shape index (κ3) is 12.3. The zero-order valence-electron chi connectivity index (χ0n) is 15.8. The van der Waals surface area contributed by atoms with Crippen molar-refractivity contribution in [2.45, 2.75) is 51.9 Å². The Bertz CT molecular complexity index is 622. The number of amides is 2. The molecule has 0 aliphatic heterocycles. The van der Waals surface area contributed by atoms with Gasteiger partial charge in [-0.3, -0.25) is 0 Å². The summed E-state index contributed by atoms with van der Waals surface area (Å²) >= 11 is 0. The molecule has 1 aromatic rings. The maximum Gasteiger partial charge on any atom is 0.407 e. The maximum absolute atomic E-state index is 11.8. The molecule has 0 aliphatic rings. The van der Waals surface area contributed by atoms with Crippen molar-refractivity contribution in [3.63, 3.8) is 0 Å². The van der Waals surface area contributed by atoms with E-state index in [9.17, 15) is 13.8 Å². The first-order chi connectivity index (χ1) is 12.7. The lowest BCUT2D eigenvalue weighted by Crippen LogP contribution is -2.41. The van der Waals surface area contributed by atoms with Gasteiger partial charge >= 0.3 is 12.2 Å². The minimum absolute atomic E-state index is 0.0965. The molecule has 0 radical (unpaired) electrons. The highest BCUT2D eigenvalue weighted by Crippen LogP contribution is 2.09. The van der Waals surface area contributed by atoms with E-state index in [-0.39, 0.29) is 12.4 Å². The summed E-state index contributed by atoms with van der Waals surface area (Å²) in [5.41, 5.74) is 0.276. The van der Waals surface area contributed by atoms with E-state index in [2.05, 4.69) is 10.6 Å². The molecule has 0 heterocycles. The largest absolute Gasteiger partial charge is 0.445 e. The van der Waals surface area contributed by atoms with Gasteiger partial charge in [-0.2, -0.15) is 0 Å². The second-order valence-electron chi connectivity index (χ2n) is 6.93. The minimum Gasteiger partial charge on any atom is -0.445 e. The van der Waals surface area contributed by atoms with E-state index < -0.39 is 33.8 Å². The number of alkyl carbamates (subject to hydrolysis) is 2. The van der Waals surface area contributed by atoms with Gasteiger partial charge in [0.25, 0.3) is 0 Å². The molecule has 2 amide bonds. The summed E-state index contributed by atoms with van der Waals surface area (Å²) in [6.07, 6.45) is -0.0765. The smallest absolute Gasteiger partial charge is 0.407 e. The van der Waals surface area contributed by atoms with Crippen LogP contribution >= 0.6 is 10.7 Å². The van der Waals surface area contributed by atoms with Gasteiger partial charge in [-0.05, 0) is 49.9 Å². The Morgan fingerprint density at radius 3 is 2.44 bits per heavy atom. The number of ether oxygens (including phenoxy) is 2. The number of halogens is 1. The van der Waals surface area contributed by atoms with Crippen LogP contribution in [0, 0.1) is 0 Å². The first kappa shape index (κ1) is 23.2. The van der Waals surface area contributed by atoms with E-state index in [0.29, 0.717) is 19.4 Å². The van der Waals surface area contributed by atoms with E-state index in [1.165, 1.54) is 0 Å². The molecule has 27 heavy (non-hydrogen) atoms. The summed E-state index contributed by atoms with van der Waals surface area (Å²) in [4.78, 5) is 23.5. The third-order valence-corrected chi connectivity index (χ3v) is 4.31. The summed E-state index contributed by atoms with van der Waals surface area (Å²) < 4.78 is 21.6. The molecule has 1 unspecified atom stereocenters. The first-order valence-corrected chi connectivity index (χ1v) is 10.8. The second kappa shape index (κ2) is 11.8. The SMILES string of the molecule is CC(C)(C)OC(=O)N[C@@H](CCCNC(=O)OCc1ccccc1)CS(=O)Cl. The zero-order valence-corrected chi connectivity index (χ0v) is 17.4. The van der Waals surface area contributed by atoms with Crippen molar-refractivity contribution in [2.75, 3.05) is 12.3 Å². The lowest BCUT2D eigenvalue weighted by atomic mass is 10.2. The van der Waals surface area contributed by atoms with Gasteiger partial charge in [-0.25, -0.2) is 13.8 Å². The summed E-state index contributed by atoms with van der Waals surface area (Å²) in [6.45, 7) is 5.82. The fraction of sp³-hybridized carbons (Fsp3) is 0.556. The van der Waals surface area contributed by atoms with Crippen LogP contribution < -0.4 is 10.6 Å². The van der Waals surface area contributed by atoms with E-state index in [4.69, 9.17) is 20.2 Å². The van der Waals surface area contributed by atoms with Crippen molar-refractivity contribution in [1.29, 1.82) is 0 Å². The highest BCUT2D eigenvalue weighted by Gasteiger charge is 2.20. The minimum atomic E-state index is -1.58. The fourth-order valence-electron chi connectivity index (χ4n) is 2.14. The second-order valence-corrected chi connectivity index (χ2v) is 8.88. The number of benzene rings is 1. The lowest BCUT2D eigenvalue weighted by molar-refractivity contribution is 0.0506. The fourth-order valence-corrected chi connectivity index (χ4v) is 3.17. The van der Waals surface area contributed by atoms with Gasteiger partial charge in [0.2, 0.25) is 0 Å². The molecule has 0 saturated carbocycles. The van der Waals surface area contributed by atoms with Crippen LogP contribution in [0.2, 0.25) is 0 Å². The van der Waals surface area contributed by atoms with Crippen LogP contribution in [0.4, 0.5) is 9.59 Å². The number of carbonyl (C=O) groups is 2. The van der Waals surface area contributed by atoms with E-state index >= 15 is 0 Å². The third-order valence-electron chi connectivity index (χ3n) is 3.26. The monoisotopic (exact) mass is 418 g/mol. The molecule has 9 heteroatoms. The van der Waals surface area contributed by atoms with Gasteiger partial charge in [0.05, 0.1) is 5.75 Å². The number of carbonyl (C=O) groups excluding carboxylic acids is 2.